The minimum Gasteiger partial charge on any atom is -0.352 e. The van der Waals surface area contributed by atoms with Gasteiger partial charge in [0, 0.05) is 19.2 Å². The molecular formula is C20H17F3N6. The maximum atomic E-state index is 13.0. The highest BCUT2D eigenvalue weighted by atomic mass is 19.4. The third-order valence-corrected chi connectivity index (χ3v) is 5.55. The molecule has 0 saturated carbocycles. The van der Waals surface area contributed by atoms with Crippen molar-refractivity contribution in [3.63, 3.8) is 0 Å². The first kappa shape index (κ1) is 17.7. The Balaban J connectivity index is 1.54. The number of alkyl halides is 3. The summed E-state index contributed by atoms with van der Waals surface area (Å²) in [5.41, 5.74) is 1.95. The van der Waals surface area contributed by atoms with Gasteiger partial charge in [-0.2, -0.15) is 13.2 Å². The van der Waals surface area contributed by atoms with Crippen LogP contribution < -0.4 is 4.90 Å². The second kappa shape index (κ2) is 6.33. The van der Waals surface area contributed by atoms with Crippen molar-refractivity contribution in [2.45, 2.75) is 24.6 Å². The van der Waals surface area contributed by atoms with Gasteiger partial charge >= 0.3 is 6.18 Å². The molecule has 3 heterocycles. The van der Waals surface area contributed by atoms with Gasteiger partial charge in [0.15, 0.2) is 0 Å². The van der Waals surface area contributed by atoms with Crippen LogP contribution in [0.4, 0.5) is 19.0 Å². The van der Waals surface area contributed by atoms with E-state index in [2.05, 4.69) is 29.8 Å². The monoisotopic (exact) mass is 398 g/mol. The van der Waals surface area contributed by atoms with E-state index in [1.54, 1.807) is 0 Å². The second-order valence-corrected chi connectivity index (χ2v) is 7.16. The first-order valence-corrected chi connectivity index (χ1v) is 9.15. The lowest BCUT2D eigenvalue weighted by Gasteiger charge is -2.27. The Morgan fingerprint density at radius 1 is 1.07 bits per heavy atom. The van der Waals surface area contributed by atoms with Gasteiger partial charge in [0.05, 0.1) is 17.6 Å². The minimum atomic E-state index is -4.44. The molecule has 0 spiro atoms. The summed E-state index contributed by atoms with van der Waals surface area (Å²) in [5.74, 6) is 0.848. The molecule has 9 heteroatoms. The highest BCUT2D eigenvalue weighted by molar-refractivity contribution is 5.87. The van der Waals surface area contributed by atoms with E-state index >= 15 is 0 Å². The van der Waals surface area contributed by atoms with Crippen LogP contribution in [0.2, 0.25) is 0 Å². The van der Waals surface area contributed by atoms with E-state index in [4.69, 9.17) is 0 Å². The number of H-pyrrole nitrogens is 2. The number of halogens is 3. The number of aromatic amines is 2. The van der Waals surface area contributed by atoms with Crippen molar-refractivity contribution in [3.8, 4) is 0 Å². The van der Waals surface area contributed by atoms with Gasteiger partial charge in [-0.25, -0.2) is 15.0 Å². The van der Waals surface area contributed by atoms with E-state index in [-0.39, 0.29) is 12.0 Å². The predicted molar refractivity (Wildman–Crippen MR) is 102 cm³/mol. The zero-order valence-electron chi connectivity index (χ0n) is 15.4. The number of benzene rings is 1. The molecule has 0 saturated heterocycles. The molecule has 2 unspecified atom stereocenters. The topological polar surface area (TPSA) is 73.5 Å². The predicted octanol–water partition coefficient (Wildman–Crippen LogP) is 4.41. The number of rotatable bonds is 3. The highest BCUT2D eigenvalue weighted by Crippen LogP contribution is 2.47. The minimum absolute atomic E-state index is 0.0522. The molecule has 0 radical (unpaired) electrons. The maximum absolute atomic E-state index is 13.0. The fourth-order valence-corrected chi connectivity index (χ4v) is 4.18. The van der Waals surface area contributed by atoms with Gasteiger partial charge in [0.25, 0.3) is 0 Å². The molecule has 2 atom stereocenters. The molecule has 1 aromatic carbocycles. The van der Waals surface area contributed by atoms with Gasteiger partial charge in [-0.15, -0.1) is 0 Å². The summed E-state index contributed by atoms with van der Waals surface area (Å²) in [7, 11) is 1.95. The molecule has 5 rings (SSSR count). The van der Waals surface area contributed by atoms with Crippen LogP contribution in [0.15, 0.2) is 49.1 Å². The van der Waals surface area contributed by atoms with Crippen LogP contribution in [-0.2, 0) is 6.18 Å². The Hall–Kier alpha value is -3.36. The summed E-state index contributed by atoms with van der Waals surface area (Å²) in [4.78, 5) is 20.3. The summed E-state index contributed by atoms with van der Waals surface area (Å²) in [6.45, 7) is 0. The van der Waals surface area contributed by atoms with Crippen molar-refractivity contribution in [3.05, 3.63) is 71.7 Å². The average molecular weight is 398 g/mol. The van der Waals surface area contributed by atoms with Crippen molar-refractivity contribution >= 4 is 16.9 Å². The summed E-state index contributed by atoms with van der Waals surface area (Å²) in [5, 5.41) is 0.897. The normalized spacial score (nSPS) is 18.9. The lowest BCUT2D eigenvalue weighted by molar-refractivity contribution is -0.140. The Morgan fingerprint density at radius 3 is 2.62 bits per heavy atom. The van der Waals surface area contributed by atoms with Gasteiger partial charge in [-0.3, -0.25) is 0 Å². The number of nitrogens with zero attached hydrogens (tertiary/aromatic N) is 4. The first-order valence-electron chi connectivity index (χ1n) is 9.15. The molecule has 3 aromatic heterocycles. The number of hydrogen-bond acceptors (Lipinski definition) is 4. The highest BCUT2D eigenvalue weighted by Gasteiger charge is 2.39. The van der Waals surface area contributed by atoms with Crippen molar-refractivity contribution < 1.29 is 13.2 Å². The van der Waals surface area contributed by atoms with Crippen LogP contribution in [0.1, 0.15) is 41.0 Å². The van der Waals surface area contributed by atoms with Gasteiger partial charge < -0.3 is 14.9 Å². The molecule has 0 bridgehead atoms. The van der Waals surface area contributed by atoms with Gasteiger partial charge in [-0.1, -0.05) is 24.3 Å². The molecule has 148 valence electrons. The van der Waals surface area contributed by atoms with Crippen LogP contribution in [0.3, 0.4) is 0 Å². The molecule has 29 heavy (non-hydrogen) atoms. The zero-order chi connectivity index (χ0) is 20.2. The number of anilines is 1. The fourth-order valence-electron chi connectivity index (χ4n) is 4.18. The van der Waals surface area contributed by atoms with E-state index in [1.807, 2.05) is 43.6 Å². The third kappa shape index (κ3) is 2.84. The summed E-state index contributed by atoms with van der Waals surface area (Å²) in [6.07, 6.45) is 0.328. The number of imidazole rings is 1. The largest absolute Gasteiger partial charge is 0.432 e. The molecule has 1 aliphatic carbocycles. The van der Waals surface area contributed by atoms with E-state index in [1.165, 1.54) is 6.33 Å². The summed E-state index contributed by atoms with van der Waals surface area (Å²) in [6, 6.07) is 9.67. The van der Waals surface area contributed by atoms with E-state index in [9.17, 15) is 13.2 Å². The molecule has 6 nitrogen and oxygen atoms in total. The Kier molecular flexibility index (Phi) is 3.87. The molecule has 4 aromatic rings. The third-order valence-electron chi connectivity index (χ3n) is 5.55. The Morgan fingerprint density at radius 2 is 1.86 bits per heavy atom. The van der Waals surface area contributed by atoms with Crippen LogP contribution in [0.25, 0.3) is 11.0 Å². The molecular weight excluding hydrogens is 381 g/mol. The summed E-state index contributed by atoms with van der Waals surface area (Å²) >= 11 is 0. The molecule has 0 fully saturated rings. The lowest BCUT2D eigenvalue weighted by atomic mass is 10.0. The molecule has 2 N–H and O–H groups in total. The van der Waals surface area contributed by atoms with Crippen LogP contribution >= 0.6 is 0 Å². The van der Waals surface area contributed by atoms with E-state index in [0.717, 1.165) is 34.2 Å². The maximum Gasteiger partial charge on any atom is 0.432 e. The summed E-state index contributed by atoms with van der Waals surface area (Å²) < 4.78 is 39.1. The fraction of sp³-hybridized carbons (Fsp3) is 0.250. The lowest BCUT2D eigenvalue weighted by Crippen LogP contribution is -2.23. The smallest absolute Gasteiger partial charge is 0.352 e. The number of nitrogens with one attached hydrogen (secondary N) is 2. The molecule has 0 aliphatic heterocycles. The van der Waals surface area contributed by atoms with Crippen molar-refractivity contribution in [1.82, 2.24) is 24.9 Å². The second-order valence-electron chi connectivity index (χ2n) is 7.16. The number of fused-ring (bicyclic) bond motifs is 2. The standard InChI is InChI=1S/C20H17F3N6/c1-29(19-13-6-7-24-17(13)26-10-27-19)15-8-14(11-4-2-3-5-12(11)15)18-25-9-16(28-18)20(21,22)23/h2-7,9-10,14-15H,8H2,1H3,(H,25,28)(H,24,26,27). The van der Waals surface area contributed by atoms with E-state index in [0.29, 0.717) is 12.2 Å². The number of aromatic nitrogens is 5. The molecule has 0 amide bonds. The Labute approximate surface area is 163 Å². The first-order chi connectivity index (χ1) is 13.9. The van der Waals surface area contributed by atoms with Gasteiger partial charge in [-0.05, 0) is 23.6 Å². The zero-order valence-corrected chi connectivity index (χ0v) is 15.4. The average Bonchev–Trinajstić information content (AvgIpc) is 3.43. The van der Waals surface area contributed by atoms with Crippen molar-refractivity contribution in [2.75, 3.05) is 11.9 Å². The van der Waals surface area contributed by atoms with Crippen LogP contribution in [0, 0.1) is 0 Å². The van der Waals surface area contributed by atoms with Crippen molar-refractivity contribution in [2.24, 2.45) is 0 Å². The number of hydrogen-bond donors (Lipinski definition) is 2. The van der Waals surface area contributed by atoms with Crippen molar-refractivity contribution in [1.29, 1.82) is 0 Å². The van der Waals surface area contributed by atoms with E-state index < -0.39 is 11.9 Å². The Bertz CT molecular complexity index is 1180. The quantitative estimate of drug-likeness (QED) is 0.536. The van der Waals surface area contributed by atoms with Gasteiger partial charge in [0.2, 0.25) is 0 Å². The van der Waals surface area contributed by atoms with Crippen LogP contribution in [0.5, 0.6) is 0 Å². The van der Waals surface area contributed by atoms with Crippen LogP contribution in [-0.4, -0.2) is 32.0 Å². The van der Waals surface area contributed by atoms with Gasteiger partial charge in [0.1, 0.15) is 29.3 Å². The SMILES string of the molecule is CN(c1ncnc2[nH]ccc12)C1CC(c2ncc(C(F)(F)F)[nH]2)c2ccccc21. The molecule has 1 aliphatic rings.